The van der Waals surface area contributed by atoms with Crippen LogP contribution in [0.1, 0.15) is 37.2 Å². The number of nitrogens with one attached hydrogen (secondary N) is 4. The van der Waals surface area contributed by atoms with Crippen LogP contribution in [-0.4, -0.2) is 35.9 Å². The van der Waals surface area contributed by atoms with Gasteiger partial charge in [-0.3, -0.25) is 19.2 Å². The second kappa shape index (κ2) is 11.1. The molecule has 1 fully saturated rings. The molecule has 1 aromatic heterocycles. The van der Waals surface area contributed by atoms with Gasteiger partial charge < -0.3 is 20.4 Å². The van der Waals surface area contributed by atoms with Crippen LogP contribution in [0, 0.1) is 0 Å². The van der Waals surface area contributed by atoms with Gasteiger partial charge in [-0.25, -0.2) is 5.43 Å². The zero-order valence-electron chi connectivity index (χ0n) is 17.0. The van der Waals surface area contributed by atoms with Gasteiger partial charge in [0.2, 0.25) is 0 Å². The van der Waals surface area contributed by atoms with Crippen molar-refractivity contribution in [2.24, 2.45) is 5.10 Å². The number of carbonyl (C=O) groups is 4. The molecule has 11 heteroatoms. The van der Waals surface area contributed by atoms with Crippen LogP contribution in [0.5, 0.6) is 0 Å². The minimum Gasteiger partial charge on any atom is -0.458 e. The standard InChI is InChI=1S/C21H22ClN5O5/c22-13-4-3-7-15(10-13)26-19(29)18(28)23-11-16-8-9-17(32-16)12-24-27-21(31)20(30)25-14-5-1-2-6-14/h3-4,7-10,12,14H,1-2,5-6,11H2,(H,23,28)(H,25,30)(H,26,29)(H,27,31)/b24-12+. The minimum absolute atomic E-state index is 0.0349. The Balaban J connectivity index is 1.41. The molecule has 0 spiro atoms. The fourth-order valence-corrected chi connectivity index (χ4v) is 3.28. The van der Waals surface area contributed by atoms with Crippen molar-refractivity contribution in [2.45, 2.75) is 38.3 Å². The number of hydrogen-bond donors (Lipinski definition) is 4. The second-order valence-corrected chi connectivity index (χ2v) is 7.54. The Morgan fingerprint density at radius 2 is 1.81 bits per heavy atom. The van der Waals surface area contributed by atoms with Crippen LogP contribution in [-0.2, 0) is 25.7 Å². The van der Waals surface area contributed by atoms with E-state index in [0.717, 1.165) is 25.7 Å². The molecule has 0 aliphatic heterocycles. The molecule has 1 aliphatic rings. The van der Waals surface area contributed by atoms with E-state index in [9.17, 15) is 19.2 Å². The number of furan rings is 1. The lowest BCUT2D eigenvalue weighted by Crippen LogP contribution is -2.42. The monoisotopic (exact) mass is 459 g/mol. The van der Waals surface area contributed by atoms with E-state index >= 15 is 0 Å². The topological polar surface area (TPSA) is 142 Å². The molecule has 4 amide bonds. The molecule has 168 valence electrons. The molecule has 0 radical (unpaired) electrons. The smallest absolute Gasteiger partial charge is 0.329 e. The third-order valence-electron chi connectivity index (χ3n) is 4.65. The quantitative estimate of drug-likeness (QED) is 0.295. The zero-order valence-corrected chi connectivity index (χ0v) is 17.8. The first-order valence-corrected chi connectivity index (χ1v) is 10.4. The lowest BCUT2D eigenvalue weighted by Gasteiger charge is -2.09. The van der Waals surface area contributed by atoms with Crippen molar-refractivity contribution in [3.8, 4) is 0 Å². The lowest BCUT2D eigenvalue weighted by molar-refractivity contribution is -0.139. The third kappa shape index (κ3) is 6.95. The molecule has 0 saturated heterocycles. The molecular weight excluding hydrogens is 438 g/mol. The third-order valence-corrected chi connectivity index (χ3v) is 4.88. The molecule has 2 aromatic rings. The SMILES string of the molecule is O=C(NCc1ccc(/C=N/NC(=O)C(=O)NC2CCCC2)o1)C(=O)Nc1cccc(Cl)c1. The summed E-state index contributed by atoms with van der Waals surface area (Å²) < 4.78 is 5.43. The number of benzene rings is 1. The fraction of sp³-hybridized carbons (Fsp3) is 0.286. The van der Waals surface area contributed by atoms with Crippen LogP contribution in [0.3, 0.4) is 0 Å². The predicted molar refractivity (Wildman–Crippen MR) is 117 cm³/mol. The maximum Gasteiger partial charge on any atom is 0.329 e. The van der Waals surface area contributed by atoms with E-state index < -0.39 is 23.6 Å². The highest BCUT2D eigenvalue weighted by atomic mass is 35.5. The van der Waals surface area contributed by atoms with Gasteiger partial charge in [-0.05, 0) is 43.2 Å². The Hall–Kier alpha value is -3.66. The normalized spacial score (nSPS) is 13.7. The Morgan fingerprint density at radius 3 is 2.56 bits per heavy atom. The summed E-state index contributed by atoms with van der Waals surface area (Å²) in [5.41, 5.74) is 2.53. The first kappa shape index (κ1) is 23.0. The molecule has 3 rings (SSSR count). The van der Waals surface area contributed by atoms with E-state index in [0.29, 0.717) is 16.5 Å². The van der Waals surface area contributed by atoms with Crippen LogP contribution < -0.4 is 21.4 Å². The molecule has 0 unspecified atom stereocenters. The number of amides is 4. The van der Waals surface area contributed by atoms with Gasteiger partial charge in [0, 0.05) is 16.8 Å². The van der Waals surface area contributed by atoms with Crippen molar-refractivity contribution in [3.63, 3.8) is 0 Å². The number of hydrazone groups is 1. The molecule has 1 aromatic carbocycles. The Morgan fingerprint density at radius 1 is 1.03 bits per heavy atom. The van der Waals surface area contributed by atoms with Crippen LogP contribution in [0.25, 0.3) is 0 Å². The van der Waals surface area contributed by atoms with E-state index in [1.807, 2.05) is 0 Å². The second-order valence-electron chi connectivity index (χ2n) is 7.11. The van der Waals surface area contributed by atoms with Gasteiger partial charge in [0.05, 0.1) is 12.8 Å². The molecule has 1 heterocycles. The molecule has 4 N–H and O–H groups in total. The minimum atomic E-state index is -0.863. The Kier molecular flexibility index (Phi) is 7.98. The summed E-state index contributed by atoms with van der Waals surface area (Å²) in [5, 5.41) is 11.6. The summed E-state index contributed by atoms with van der Waals surface area (Å²) >= 11 is 5.84. The van der Waals surface area contributed by atoms with Gasteiger partial charge in [-0.1, -0.05) is 30.5 Å². The number of nitrogens with zero attached hydrogens (tertiary/aromatic N) is 1. The van der Waals surface area contributed by atoms with Gasteiger partial charge in [-0.2, -0.15) is 5.10 Å². The van der Waals surface area contributed by atoms with Crippen molar-refractivity contribution in [3.05, 3.63) is 52.9 Å². The number of anilines is 1. The number of carbonyl (C=O) groups excluding carboxylic acids is 4. The maximum absolute atomic E-state index is 11.9. The maximum atomic E-state index is 11.9. The highest BCUT2D eigenvalue weighted by Crippen LogP contribution is 2.17. The first-order chi connectivity index (χ1) is 15.4. The summed E-state index contributed by atoms with van der Waals surface area (Å²) in [7, 11) is 0. The number of hydrogen-bond acceptors (Lipinski definition) is 6. The fourth-order valence-electron chi connectivity index (χ4n) is 3.09. The van der Waals surface area contributed by atoms with Gasteiger partial charge in [0.25, 0.3) is 0 Å². The number of rotatable bonds is 6. The Bertz CT molecular complexity index is 1030. The molecule has 0 atom stereocenters. The summed E-state index contributed by atoms with van der Waals surface area (Å²) in [6.07, 6.45) is 5.04. The average Bonchev–Trinajstić information content (AvgIpc) is 3.44. The molecule has 0 bridgehead atoms. The van der Waals surface area contributed by atoms with E-state index in [1.54, 1.807) is 30.3 Å². The van der Waals surface area contributed by atoms with Crippen molar-refractivity contribution in [1.29, 1.82) is 0 Å². The average molecular weight is 460 g/mol. The highest BCUT2D eigenvalue weighted by Gasteiger charge is 2.21. The van der Waals surface area contributed by atoms with Crippen molar-refractivity contribution in [2.75, 3.05) is 5.32 Å². The van der Waals surface area contributed by atoms with E-state index in [2.05, 4.69) is 26.5 Å². The largest absolute Gasteiger partial charge is 0.458 e. The van der Waals surface area contributed by atoms with Crippen molar-refractivity contribution in [1.82, 2.24) is 16.1 Å². The number of halogens is 1. The van der Waals surface area contributed by atoms with Crippen LogP contribution in [0.4, 0.5) is 5.69 Å². The van der Waals surface area contributed by atoms with E-state index in [1.165, 1.54) is 12.3 Å². The van der Waals surface area contributed by atoms with Gasteiger partial charge >= 0.3 is 23.6 Å². The molecule has 1 saturated carbocycles. The summed E-state index contributed by atoms with van der Waals surface area (Å²) in [4.78, 5) is 47.4. The summed E-state index contributed by atoms with van der Waals surface area (Å²) in [6.45, 7) is -0.0359. The van der Waals surface area contributed by atoms with E-state index in [-0.39, 0.29) is 18.3 Å². The Labute approximate surface area is 188 Å². The van der Waals surface area contributed by atoms with Crippen LogP contribution >= 0.6 is 11.6 Å². The predicted octanol–water partition coefficient (Wildman–Crippen LogP) is 1.70. The van der Waals surface area contributed by atoms with Gasteiger partial charge in [-0.15, -0.1) is 0 Å². The summed E-state index contributed by atoms with van der Waals surface area (Å²) in [5.74, 6) is -2.64. The summed E-state index contributed by atoms with van der Waals surface area (Å²) in [6, 6.07) is 9.58. The lowest BCUT2D eigenvalue weighted by atomic mass is 10.2. The zero-order chi connectivity index (χ0) is 22.9. The highest BCUT2D eigenvalue weighted by molar-refractivity contribution is 6.39. The molecular formula is C21H22ClN5O5. The molecule has 32 heavy (non-hydrogen) atoms. The van der Waals surface area contributed by atoms with Crippen molar-refractivity contribution < 1.29 is 23.6 Å². The van der Waals surface area contributed by atoms with Gasteiger partial charge in [0.1, 0.15) is 11.5 Å². The molecule has 10 nitrogen and oxygen atoms in total. The first-order valence-electron chi connectivity index (χ1n) is 9.98. The van der Waals surface area contributed by atoms with Crippen molar-refractivity contribution >= 4 is 47.1 Å². The van der Waals surface area contributed by atoms with E-state index in [4.69, 9.17) is 16.0 Å². The van der Waals surface area contributed by atoms with Crippen LogP contribution in [0.2, 0.25) is 5.02 Å². The van der Waals surface area contributed by atoms with Gasteiger partial charge in [0.15, 0.2) is 0 Å². The molecule has 1 aliphatic carbocycles. The van der Waals surface area contributed by atoms with Crippen LogP contribution in [0.15, 0.2) is 45.9 Å².